The summed E-state index contributed by atoms with van der Waals surface area (Å²) in [5.74, 6) is -0.407. The zero-order chi connectivity index (χ0) is 20.6. The summed E-state index contributed by atoms with van der Waals surface area (Å²) in [7, 11) is 1.66. The summed E-state index contributed by atoms with van der Waals surface area (Å²) in [4.78, 5) is 20.1. The Hall–Kier alpha value is -3.16. The van der Waals surface area contributed by atoms with E-state index in [0.717, 1.165) is 17.7 Å². The van der Waals surface area contributed by atoms with Crippen LogP contribution in [0.2, 0.25) is 0 Å². The van der Waals surface area contributed by atoms with Crippen LogP contribution in [-0.2, 0) is 11.3 Å². The molecule has 1 heterocycles. The molecule has 0 aliphatic carbocycles. The minimum absolute atomic E-state index is 0.109. The van der Waals surface area contributed by atoms with Gasteiger partial charge in [0, 0.05) is 45.8 Å². The molecule has 0 bridgehead atoms. The third-order valence-electron chi connectivity index (χ3n) is 4.78. The van der Waals surface area contributed by atoms with E-state index < -0.39 is 11.6 Å². The summed E-state index contributed by atoms with van der Waals surface area (Å²) in [6.45, 7) is 2.81. The highest BCUT2D eigenvalue weighted by atomic mass is 19.1. The van der Waals surface area contributed by atoms with Crippen LogP contribution < -0.4 is 15.5 Å². The largest absolute Gasteiger partial charge is 0.366 e. The third-order valence-corrected chi connectivity index (χ3v) is 4.78. The molecule has 0 unspecified atom stereocenters. The van der Waals surface area contributed by atoms with Gasteiger partial charge in [-0.3, -0.25) is 9.79 Å². The maximum Gasteiger partial charge on any atom is 0.239 e. The number of hydrogen-bond acceptors (Lipinski definition) is 3. The Morgan fingerprint density at radius 2 is 1.76 bits per heavy atom. The highest BCUT2D eigenvalue weighted by molar-refractivity contribution is 5.86. The van der Waals surface area contributed by atoms with Crippen LogP contribution in [0.4, 0.5) is 14.5 Å². The van der Waals surface area contributed by atoms with E-state index >= 15 is 0 Å². The molecule has 0 atom stereocenters. The Bertz CT molecular complexity index is 851. The highest BCUT2D eigenvalue weighted by Crippen LogP contribution is 2.21. The van der Waals surface area contributed by atoms with Gasteiger partial charge in [0.1, 0.15) is 11.6 Å². The molecule has 1 aliphatic rings. The van der Waals surface area contributed by atoms with Gasteiger partial charge >= 0.3 is 0 Å². The second-order valence-corrected chi connectivity index (χ2v) is 6.73. The summed E-state index contributed by atoms with van der Waals surface area (Å²) in [5, 5.41) is 5.92. The topological polar surface area (TPSA) is 60.0 Å². The van der Waals surface area contributed by atoms with E-state index in [1.165, 1.54) is 6.07 Å². The van der Waals surface area contributed by atoms with Crippen molar-refractivity contribution in [3.63, 3.8) is 0 Å². The van der Waals surface area contributed by atoms with E-state index in [9.17, 15) is 13.6 Å². The monoisotopic (exact) mass is 401 g/mol. The Kier molecular flexibility index (Phi) is 6.99. The van der Waals surface area contributed by atoms with Crippen LogP contribution in [0, 0.1) is 11.6 Å². The molecule has 3 rings (SSSR count). The summed E-state index contributed by atoms with van der Waals surface area (Å²) in [5.41, 5.74) is 1.30. The van der Waals surface area contributed by atoms with Crippen LogP contribution in [0.15, 0.2) is 53.5 Å². The second-order valence-electron chi connectivity index (χ2n) is 6.73. The first-order chi connectivity index (χ1) is 14.1. The summed E-state index contributed by atoms with van der Waals surface area (Å²) >= 11 is 0. The molecule has 0 radical (unpaired) electrons. The van der Waals surface area contributed by atoms with Gasteiger partial charge in [-0.15, -0.1) is 0 Å². The average Bonchev–Trinajstić information content (AvgIpc) is 2.75. The molecule has 1 saturated heterocycles. The molecule has 29 heavy (non-hydrogen) atoms. The van der Waals surface area contributed by atoms with Crippen molar-refractivity contribution in [2.45, 2.75) is 6.54 Å². The predicted molar refractivity (Wildman–Crippen MR) is 110 cm³/mol. The number of piperazine rings is 1. The third kappa shape index (κ3) is 5.66. The van der Waals surface area contributed by atoms with Gasteiger partial charge in [0.25, 0.3) is 0 Å². The first-order valence-electron chi connectivity index (χ1n) is 9.53. The number of halogens is 2. The maximum absolute atomic E-state index is 14.0. The first kappa shape index (κ1) is 20.6. The SMILES string of the molecule is CN=C(NCC(=O)NCc1ccccc1)N1CCN(c2cc(F)ccc2F)CC1. The van der Waals surface area contributed by atoms with Crippen molar-refractivity contribution < 1.29 is 13.6 Å². The lowest BCUT2D eigenvalue weighted by atomic mass is 10.2. The van der Waals surface area contributed by atoms with Crippen LogP contribution in [0.5, 0.6) is 0 Å². The number of anilines is 1. The van der Waals surface area contributed by atoms with E-state index in [1.807, 2.05) is 40.1 Å². The average molecular weight is 401 g/mol. The van der Waals surface area contributed by atoms with Crippen LogP contribution in [0.3, 0.4) is 0 Å². The van der Waals surface area contributed by atoms with Gasteiger partial charge in [0.15, 0.2) is 5.96 Å². The number of rotatable bonds is 5. The van der Waals surface area contributed by atoms with Gasteiger partial charge in [0.2, 0.25) is 5.91 Å². The lowest BCUT2D eigenvalue weighted by molar-refractivity contribution is -0.120. The lowest BCUT2D eigenvalue weighted by Gasteiger charge is -2.37. The molecule has 1 amide bonds. The van der Waals surface area contributed by atoms with Crippen molar-refractivity contribution in [1.82, 2.24) is 15.5 Å². The highest BCUT2D eigenvalue weighted by Gasteiger charge is 2.22. The molecule has 8 heteroatoms. The number of carbonyl (C=O) groups excluding carboxylic acids is 1. The van der Waals surface area contributed by atoms with Gasteiger partial charge in [-0.25, -0.2) is 8.78 Å². The van der Waals surface area contributed by atoms with E-state index in [2.05, 4.69) is 15.6 Å². The van der Waals surface area contributed by atoms with Gasteiger partial charge in [-0.05, 0) is 17.7 Å². The first-order valence-corrected chi connectivity index (χ1v) is 9.53. The van der Waals surface area contributed by atoms with E-state index in [-0.39, 0.29) is 18.1 Å². The molecule has 1 aliphatic heterocycles. The zero-order valence-electron chi connectivity index (χ0n) is 16.4. The van der Waals surface area contributed by atoms with Crippen LogP contribution >= 0.6 is 0 Å². The molecule has 1 fully saturated rings. The molecular weight excluding hydrogens is 376 g/mol. The normalized spacial score (nSPS) is 14.7. The number of carbonyl (C=O) groups is 1. The van der Waals surface area contributed by atoms with Crippen molar-refractivity contribution >= 4 is 17.6 Å². The maximum atomic E-state index is 14.0. The fourth-order valence-corrected chi connectivity index (χ4v) is 3.24. The number of amides is 1. The second kappa shape index (κ2) is 9.86. The number of guanidine groups is 1. The Morgan fingerprint density at radius 1 is 1.03 bits per heavy atom. The van der Waals surface area contributed by atoms with Crippen molar-refractivity contribution in [2.24, 2.45) is 4.99 Å². The molecule has 0 saturated carbocycles. The summed E-state index contributed by atoms with van der Waals surface area (Å²) in [6, 6.07) is 13.2. The predicted octanol–water partition coefficient (Wildman–Crippen LogP) is 1.98. The number of benzene rings is 2. The van der Waals surface area contributed by atoms with E-state index in [0.29, 0.717) is 38.7 Å². The fraction of sp³-hybridized carbons (Fsp3) is 0.333. The summed E-state index contributed by atoms with van der Waals surface area (Å²) < 4.78 is 27.4. The van der Waals surface area contributed by atoms with Crippen LogP contribution in [-0.4, -0.2) is 56.5 Å². The fourth-order valence-electron chi connectivity index (χ4n) is 3.24. The molecule has 6 nitrogen and oxygen atoms in total. The zero-order valence-corrected chi connectivity index (χ0v) is 16.4. The molecule has 0 aromatic heterocycles. The molecule has 0 spiro atoms. The van der Waals surface area contributed by atoms with E-state index in [4.69, 9.17) is 0 Å². The summed E-state index contributed by atoms with van der Waals surface area (Å²) in [6.07, 6.45) is 0. The molecule has 2 aromatic carbocycles. The van der Waals surface area contributed by atoms with Gasteiger partial charge in [-0.2, -0.15) is 0 Å². The Labute approximate surface area is 169 Å². The molecule has 2 N–H and O–H groups in total. The van der Waals surface area contributed by atoms with Crippen LogP contribution in [0.1, 0.15) is 5.56 Å². The number of aliphatic imine (C=N–C) groups is 1. The Balaban J connectivity index is 1.46. The molecular formula is C21H25F2N5O. The standard InChI is InChI=1S/C21H25F2N5O/c1-24-21(26-15-20(29)25-14-16-5-3-2-4-6-16)28-11-9-27(10-12-28)19-13-17(22)7-8-18(19)23/h2-8,13H,9-12,14-15H2,1H3,(H,24,26)(H,25,29). The number of nitrogens with one attached hydrogen (secondary N) is 2. The van der Waals surface area contributed by atoms with Crippen molar-refractivity contribution in [1.29, 1.82) is 0 Å². The number of hydrogen-bond donors (Lipinski definition) is 2. The van der Waals surface area contributed by atoms with Crippen molar-refractivity contribution in [2.75, 3.05) is 44.7 Å². The quantitative estimate of drug-likeness (QED) is 0.594. The van der Waals surface area contributed by atoms with Crippen molar-refractivity contribution in [3.8, 4) is 0 Å². The van der Waals surface area contributed by atoms with Gasteiger partial charge in [0.05, 0.1) is 12.2 Å². The van der Waals surface area contributed by atoms with Crippen LogP contribution in [0.25, 0.3) is 0 Å². The Morgan fingerprint density at radius 3 is 2.45 bits per heavy atom. The minimum atomic E-state index is -0.456. The van der Waals surface area contributed by atoms with Gasteiger partial charge in [-0.1, -0.05) is 30.3 Å². The minimum Gasteiger partial charge on any atom is -0.366 e. The van der Waals surface area contributed by atoms with Crippen molar-refractivity contribution in [3.05, 3.63) is 65.7 Å². The smallest absolute Gasteiger partial charge is 0.239 e. The van der Waals surface area contributed by atoms with Gasteiger partial charge < -0.3 is 20.4 Å². The number of nitrogens with zero attached hydrogens (tertiary/aromatic N) is 3. The molecule has 2 aromatic rings. The lowest BCUT2D eigenvalue weighted by Crippen LogP contribution is -2.53. The molecule has 154 valence electrons. The van der Waals surface area contributed by atoms with E-state index in [1.54, 1.807) is 7.05 Å².